The number of amides is 1. The van der Waals surface area contributed by atoms with Crippen molar-refractivity contribution < 1.29 is 9.53 Å². The highest BCUT2D eigenvalue weighted by Crippen LogP contribution is 2.27. The molecule has 1 atom stereocenters. The Morgan fingerprint density at radius 2 is 1.91 bits per heavy atom. The number of rotatable bonds is 9. The number of hydrogen-bond donors (Lipinski definition) is 1. The van der Waals surface area contributed by atoms with Crippen LogP contribution < -0.4 is 15.6 Å². The Morgan fingerprint density at radius 3 is 2.68 bits per heavy atom. The van der Waals surface area contributed by atoms with Crippen molar-refractivity contribution in [3.05, 3.63) is 94.5 Å². The number of para-hydroxylation sites is 2. The first kappa shape index (κ1) is 23.5. The highest BCUT2D eigenvalue weighted by Gasteiger charge is 2.22. The maximum absolute atomic E-state index is 13.5. The molecule has 2 heterocycles. The lowest BCUT2D eigenvalue weighted by molar-refractivity contribution is -0.120. The zero-order valence-corrected chi connectivity index (χ0v) is 19.9. The number of nitrogens with one attached hydrogen (secondary N) is 1. The number of methoxy groups -OCH3 is 1. The van der Waals surface area contributed by atoms with E-state index < -0.39 is 5.25 Å². The average Bonchev–Trinajstić information content (AvgIpc) is 2.88. The Labute approximate surface area is 202 Å². The summed E-state index contributed by atoms with van der Waals surface area (Å²) in [6, 6.07) is 18.6. The standard InChI is InChI=1S/C26H26N4O3S/c1-3-23(24(31)28-16-18-9-8-14-27-15-18)34-26-29-21-12-6-5-11-20(21)25(32)30(26)17-19-10-4-7-13-22(19)33-2/h4-15,23H,3,16-17H2,1-2H3,(H,28,31). The van der Waals surface area contributed by atoms with E-state index in [1.165, 1.54) is 11.8 Å². The molecule has 174 valence electrons. The van der Waals surface area contributed by atoms with Crippen molar-refractivity contribution in [3.8, 4) is 5.75 Å². The summed E-state index contributed by atoms with van der Waals surface area (Å²) < 4.78 is 7.11. The highest BCUT2D eigenvalue weighted by molar-refractivity contribution is 8.00. The molecule has 0 bridgehead atoms. The second kappa shape index (κ2) is 11.0. The van der Waals surface area contributed by atoms with Gasteiger partial charge < -0.3 is 10.1 Å². The number of fused-ring (bicyclic) bond motifs is 1. The molecule has 4 rings (SSSR count). The van der Waals surface area contributed by atoms with Gasteiger partial charge in [-0.25, -0.2) is 4.98 Å². The third-order valence-corrected chi connectivity index (χ3v) is 6.80. The van der Waals surface area contributed by atoms with Crippen LogP contribution >= 0.6 is 11.8 Å². The van der Waals surface area contributed by atoms with Gasteiger partial charge >= 0.3 is 0 Å². The van der Waals surface area contributed by atoms with E-state index in [2.05, 4.69) is 10.3 Å². The van der Waals surface area contributed by atoms with Crippen LogP contribution in [0.1, 0.15) is 24.5 Å². The van der Waals surface area contributed by atoms with Crippen molar-refractivity contribution in [3.63, 3.8) is 0 Å². The number of pyridine rings is 1. The molecule has 4 aromatic rings. The summed E-state index contributed by atoms with van der Waals surface area (Å²) in [5, 5.41) is 3.60. The van der Waals surface area contributed by atoms with Crippen LogP contribution in [-0.4, -0.2) is 32.8 Å². The molecule has 0 saturated heterocycles. The lowest BCUT2D eigenvalue weighted by Crippen LogP contribution is -2.33. The number of benzene rings is 2. The van der Waals surface area contributed by atoms with Crippen LogP contribution in [0.3, 0.4) is 0 Å². The van der Waals surface area contributed by atoms with Crippen LogP contribution in [0.25, 0.3) is 10.9 Å². The number of ether oxygens (including phenoxy) is 1. The molecule has 0 aliphatic heterocycles. The largest absolute Gasteiger partial charge is 0.496 e. The first-order chi connectivity index (χ1) is 16.6. The van der Waals surface area contributed by atoms with Gasteiger partial charge in [0, 0.05) is 24.5 Å². The molecule has 0 radical (unpaired) electrons. The summed E-state index contributed by atoms with van der Waals surface area (Å²) in [6.07, 6.45) is 4.01. The summed E-state index contributed by atoms with van der Waals surface area (Å²) in [7, 11) is 1.61. The summed E-state index contributed by atoms with van der Waals surface area (Å²) >= 11 is 1.30. The molecule has 8 heteroatoms. The molecular formula is C26H26N4O3S. The van der Waals surface area contributed by atoms with Crippen LogP contribution in [0.5, 0.6) is 5.75 Å². The van der Waals surface area contributed by atoms with Crippen LogP contribution in [-0.2, 0) is 17.9 Å². The van der Waals surface area contributed by atoms with Crippen molar-refractivity contribution >= 4 is 28.6 Å². The molecule has 2 aromatic heterocycles. The minimum Gasteiger partial charge on any atom is -0.496 e. The van der Waals surface area contributed by atoms with Gasteiger partial charge in [0.15, 0.2) is 5.16 Å². The average molecular weight is 475 g/mol. The lowest BCUT2D eigenvalue weighted by atomic mass is 10.2. The Morgan fingerprint density at radius 1 is 1.12 bits per heavy atom. The van der Waals surface area contributed by atoms with Gasteiger partial charge in [-0.2, -0.15) is 0 Å². The molecule has 34 heavy (non-hydrogen) atoms. The summed E-state index contributed by atoms with van der Waals surface area (Å²) in [4.78, 5) is 35.3. The zero-order valence-electron chi connectivity index (χ0n) is 19.1. The van der Waals surface area contributed by atoms with E-state index >= 15 is 0 Å². The molecule has 7 nitrogen and oxygen atoms in total. The van der Waals surface area contributed by atoms with E-state index in [0.29, 0.717) is 34.8 Å². The van der Waals surface area contributed by atoms with Gasteiger partial charge in [0.1, 0.15) is 5.75 Å². The van der Waals surface area contributed by atoms with Gasteiger partial charge in [-0.05, 0) is 36.2 Å². The second-order valence-corrected chi connectivity index (χ2v) is 8.88. The number of nitrogens with zero attached hydrogens (tertiary/aromatic N) is 3. The van der Waals surface area contributed by atoms with Crippen molar-refractivity contribution in [2.45, 2.75) is 36.8 Å². The fourth-order valence-corrected chi connectivity index (χ4v) is 4.67. The zero-order chi connectivity index (χ0) is 23.9. The van der Waals surface area contributed by atoms with Crippen molar-refractivity contribution in [1.29, 1.82) is 0 Å². The van der Waals surface area contributed by atoms with Crippen LogP contribution in [0.2, 0.25) is 0 Å². The lowest BCUT2D eigenvalue weighted by Gasteiger charge is -2.19. The van der Waals surface area contributed by atoms with E-state index in [1.807, 2.05) is 61.5 Å². The van der Waals surface area contributed by atoms with E-state index in [4.69, 9.17) is 9.72 Å². The number of carbonyl (C=O) groups is 1. The van der Waals surface area contributed by atoms with Crippen molar-refractivity contribution in [2.75, 3.05) is 7.11 Å². The molecule has 2 aromatic carbocycles. The topological polar surface area (TPSA) is 86.1 Å². The van der Waals surface area contributed by atoms with Crippen LogP contribution in [0.15, 0.2) is 83.0 Å². The predicted molar refractivity (Wildman–Crippen MR) is 134 cm³/mol. The smallest absolute Gasteiger partial charge is 0.262 e. The van der Waals surface area contributed by atoms with E-state index in [0.717, 1.165) is 11.1 Å². The minimum atomic E-state index is -0.409. The fraction of sp³-hybridized carbons (Fsp3) is 0.231. The number of hydrogen-bond acceptors (Lipinski definition) is 6. The Bertz CT molecular complexity index is 1340. The number of thioether (sulfide) groups is 1. The third-order valence-electron chi connectivity index (χ3n) is 5.45. The monoisotopic (exact) mass is 474 g/mol. The molecular weight excluding hydrogens is 448 g/mol. The van der Waals surface area contributed by atoms with Gasteiger partial charge in [0.05, 0.1) is 29.8 Å². The maximum atomic E-state index is 13.5. The summed E-state index contributed by atoms with van der Waals surface area (Å²) in [6.45, 7) is 2.63. The first-order valence-electron chi connectivity index (χ1n) is 11.1. The second-order valence-electron chi connectivity index (χ2n) is 7.71. The SMILES string of the molecule is CCC(Sc1nc2ccccc2c(=O)n1Cc1ccccc1OC)C(=O)NCc1cccnc1. The highest BCUT2D eigenvalue weighted by atomic mass is 32.2. The molecule has 0 aliphatic carbocycles. The van der Waals surface area contributed by atoms with Gasteiger partial charge in [-0.1, -0.05) is 55.1 Å². The first-order valence-corrected chi connectivity index (χ1v) is 11.9. The molecule has 0 saturated carbocycles. The molecule has 1 unspecified atom stereocenters. The molecule has 0 aliphatic rings. The van der Waals surface area contributed by atoms with Gasteiger partial charge in [-0.3, -0.25) is 19.1 Å². The summed E-state index contributed by atoms with van der Waals surface area (Å²) in [5.74, 6) is 0.586. The van der Waals surface area contributed by atoms with Gasteiger partial charge in [0.25, 0.3) is 5.56 Å². The predicted octanol–water partition coefficient (Wildman–Crippen LogP) is 4.04. The Balaban J connectivity index is 1.66. The molecule has 0 spiro atoms. The molecule has 1 N–H and O–H groups in total. The van der Waals surface area contributed by atoms with Crippen molar-refractivity contribution in [1.82, 2.24) is 19.9 Å². The number of carbonyl (C=O) groups excluding carboxylic acids is 1. The van der Waals surface area contributed by atoms with Crippen LogP contribution in [0, 0.1) is 0 Å². The Kier molecular flexibility index (Phi) is 7.59. The fourth-order valence-electron chi connectivity index (χ4n) is 3.64. The third kappa shape index (κ3) is 5.28. The molecule has 0 fully saturated rings. The van der Waals surface area contributed by atoms with E-state index in [-0.39, 0.29) is 18.0 Å². The van der Waals surface area contributed by atoms with E-state index in [1.54, 1.807) is 30.1 Å². The van der Waals surface area contributed by atoms with Crippen molar-refractivity contribution in [2.24, 2.45) is 0 Å². The Hall–Kier alpha value is -3.65. The normalized spacial score (nSPS) is 11.8. The van der Waals surface area contributed by atoms with E-state index in [9.17, 15) is 9.59 Å². The van der Waals surface area contributed by atoms with Gasteiger partial charge in [-0.15, -0.1) is 0 Å². The number of aromatic nitrogens is 3. The quantitative estimate of drug-likeness (QED) is 0.291. The van der Waals surface area contributed by atoms with Crippen LogP contribution in [0.4, 0.5) is 0 Å². The minimum absolute atomic E-state index is 0.109. The maximum Gasteiger partial charge on any atom is 0.262 e. The summed E-state index contributed by atoms with van der Waals surface area (Å²) in [5.41, 5.74) is 2.24. The van der Waals surface area contributed by atoms with Gasteiger partial charge in [0.2, 0.25) is 5.91 Å². The molecule has 1 amide bonds.